The molecule has 1 fully saturated rings. The van der Waals surface area contributed by atoms with Gasteiger partial charge in [-0.3, -0.25) is 9.59 Å². The second-order valence-electron chi connectivity index (χ2n) is 11.6. The molecular formula is C33H37Cl2N3O2. The van der Waals surface area contributed by atoms with Crippen molar-refractivity contribution >= 4 is 41.2 Å². The number of likely N-dealkylation sites (N-methyl/N-ethyl adjacent to an activating group) is 1. The quantitative estimate of drug-likeness (QED) is 0.274. The van der Waals surface area contributed by atoms with Gasteiger partial charge in [0.05, 0.1) is 10.0 Å². The third kappa shape index (κ3) is 5.93. The number of fused-ring (bicyclic) bond motifs is 2. The van der Waals surface area contributed by atoms with Crippen molar-refractivity contribution in [3.8, 4) is 0 Å². The zero-order valence-electron chi connectivity index (χ0n) is 23.5. The first-order valence-corrected chi connectivity index (χ1v) is 14.8. The van der Waals surface area contributed by atoms with Crippen molar-refractivity contribution in [3.63, 3.8) is 0 Å². The molecule has 2 heterocycles. The fourth-order valence-corrected chi connectivity index (χ4v) is 6.90. The predicted molar refractivity (Wildman–Crippen MR) is 164 cm³/mol. The maximum absolute atomic E-state index is 13.4. The lowest BCUT2D eigenvalue weighted by atomic mass is 9.74. The van der Waals surface area contributed by atoms with Crippen LogP contribution in [0.15, 0.2) is 60.7 Å². The monoisotopic (exact) mass is 577 g/mol. The number of piperidine rings is 1. The number of anilines is 1. The van der Waals surface area contributed by atoms with Crippen LogP contribution in [0.4, 0.5) is 5.69 Å². The molecule has 2 aliphatic rings. The molecule has 1 unspecified atom stereocenters. The summed E-state index contributed by atoms with van der Waals surface area (Å²) in [5.74, 6) is 0.139. The smallest absolute Gasteiger partial charge is 0.253 e. The Kier molecular flexibility index (Phi) is 8.55. The Morgan fingerprint density at radius 1 is 1.00 bits per heavy atom. The fourth-order valence-electron chi connectivity index (χ4n) is 6.60. The largest absolute Gasteiger partial charge is 0.341 e. The van der Waals surface area contributed by atoms with Crippen molar-refractivity contribution in [3.05, 3.63) is 98.5 Å². The second-order valence-corrected chi connectivity index (χ2v) is 12.4. The van der Waals surface area contributed by atoms with Crippen molar-refractivity contribution in [2.75, 3.05) is 44.7 Å². The van der Waals surface area contributed by atoms with E-state index in [1.54, 1.807) is 0 Å². The summed E-state index contributed by atoms with van der Waals surface area (Å²) in [4.78, 5) is 31.3. The first kappa shape index (κ1) is 28.7. The number of carbonyl (C=O) groups excluding carboxylic acids is 2. The van der Waals surface area contributed by atoms with Gasteiger partial charge in [0.1, 0.15) is 0 Å². The Hall–Kier alpha value is -2.86. The molecule has 40 heavy (non-hydrogen) atoms. The van der Waals surface area contributed by atoms with Gasteiger partial charge in [-0.1, -0.05) is 64.7 Å². The minimum atomic E-state index is 0.0244. The summed E-state index contributed by atoms with van der Waals surface area (Å²) in [6.45, 7) is 8.27. The summed E-state index contributed by atoms with van der Waals surface area (Å²) in [6.07, 6.45) is 3.91. The molecule has 0 saturated carbocycles. The molecule has 1 spiro atoms. The zero-order valence-corrected chi connectivity index (χ0v) is 25.0. The molecular weight excluding hydrogens is 541 g/mol. The van der Waals surface area contributed by atoms with E-state index in [9.17, 15) is 9.59 Å². The van der Waals surface area contributed by atoms with Crippen LogP contribution in [0.1, 0.15) is 57.8 Å². The number of rotatable bonds is 8. The lowest BCUT2D eigenvalue weighted by Crippen LogP contribution is -2.45. The highest BCUT2D eigenvalue weighted by atomic mass is 35.5. The summed E-state index contributed by atoms with van der Waals surface area (Å²) in [7, 11) is 1.88. The van der Waals surface area contributed by atoms with E-state index < -0.39 is 0 Å². The van der Waals surface area contributed by atoms with E-state index in [1.165, 1.54) is 5.56 Å². The molecule has 5 rings (SSSR count). The molecule has 0 aliphatic carbocycles. The van der Waals surface area contributed by atoms with Gasteiger partial charge in [-0.25, -0.2) is 0 Å². The summed E-state index contributed by atoms with van der Waals surface area (Å²) in [5.41, 5.74) is 6.38. The number of halogens is 2. The molecule has 0 aromatic heterocycles. The van der Waals surface area contributed by atoms with Crippen LogP contribution in [0.3, 0.4) is 0 Å². The van der Waals surface area contributed by atoms with Crippen molar-refractivity contribution in [2.24, 2.45) is 0 Å². The van der Waals surface area contributed by atoms with Gasteiger partial charge in [-0.2, -0.15) is 0 Å². The maximum atomic E-state index is 13.4. The summed E-state index contributed by atoms with van der Waals surface area (Å²) in [5, 5.41) is 1.07. The van der Waals surface area contributed by atoms with Gasteiger partial charge in [0, 0.05) is 42.7 Å². The first-order chi connectivity index (χ1) is 19.2. The molecule has 210 valence electrons. The predicted octanol–water partition coefficient (Wildman–Crippen LogP) is 6.87. The summed E-state index contributed by atoms with van der Waals surface area (Å²) >= 11 is 12.7. The Morgan fingerprint density at radius 2 is 1.70 bits per heavy atom. The van der Waals surface area contributed by atoms with Gasteiger partial charge in [0.25, 0.3) is 5.91 Å². The van der Waals surface area contributed by atoms with Crippen LogP contribution < -0.4 is 4.90 Å². The molecule has 1 atom stereocenters. The molecule has 0 N–H and O–H groups in total. The van der Waals surface area contributed by atoms with Crippen molar-refractivity contribution < 1.29 is 9.59 Å². The van der Waals surface area contributed by atoms with Crippen LogP contribution in [0.2, 0.25) is 10.0 Å². The third-order valence-electron chi connectivity index (χ3n) is 8.72. The normalized spacial score (nSPS) is 17.1. The van der Waals surface area contributed by atoms with E-state index >= 15 is 0 Å². The van der Waals surface area contributed by atoms with E-state index in [0.29, 0.717) is 16.6 Å². The number of nitrogens with zero attached hydrogens (tertiary/aromatic N) is 3. The highest BCUT2D eigenvalue weighted by Gasteiger charge is 2.44. The molecule has 1 saturated heterocycles. The fraction of sp³-hybridized carbons (Fsp3) is 0.394. The molecule has 2 aliphatic heterocycles. The summed E-state index contributed by atoms with van der Waals surface area (Å²) in [6, 6.07) is 20.2. The van der Waals surface area contributed by atoms with Gasteiger partial charge in [0.2, 0.25) is 6.41 Å². The molecule has 5 nitrogen and oxygen atoms in total. The Balaban J connectivity index is 1.28. The van der Waals surface area contributed by atoms with E-state index in [4.69, 9.17) is 23.2 Å². The van der Waals surface area contributed by atoms with Crippen molar-refractivity contribution in [2.45, 2.75) is 44.4 Å². The van der Waals surface area contributed by atoms with Gasteiger partial charge in [0.15, 0.2) is 0 Å². The van der Waals surface area contributed by atoms with Crippen LogP contribution >= 0.6 is 23.2 Å². The van der Waals surface area contributed by atoms with E-state index in [2.05, 4.69) is 29.2 Å². The highest BCUT2D eigenvalue weighted by molar-refractivity contribution is 6.42. The molecule has 2 amide bonds. The third-order valence-corrected chi connectivity index (χ3v) is 9.46. The van der Waals surface area contributed by atoms with Gasteiger partial charge in [-0.15, -0.1) is 0 Å². The van der Waals surface area contributed by atoms with E-state index in [-0.39, 0.29) is 17.2 Å². The highest BCUT2D eigenvalue weighted by Crippen LogP contribution is 2.46. The number of hydrogen-bond donors (Lipinski definition) is 0. The number of carbonyl (C=O) groups is 2. The topological polar surface area (TPSA) is 43.9 Å². The molecule has 7 heteroatoms. The van der Waals surface area contributed by atoms with Gasteiger partial charge >= 0.3 is 0 Å². The van der Waals surface area contributed by atoms with E-state index in [0.717, 1.165) is 79.8 Å². The van der Waals surface area contributed by atoms with Crippen LogP contribution in [0.5, 0.6) is 0 Å². The average molecular weight is 579 g/mol. The molecule has 3 aromatic rings. The van der Waals surface area contributed by atoms with Gasteiger partial charge in [-0.05, 0) is 94.2 Å². The van der Waals surface area contributed by atoms with Gasteiger partial charge < -0.3 is 14.7 Å². The number of para-hydroxylation sites is 1. The standard InChI is InChI=1S/C33H37Cl2N3O2/c1-23-16-24(2)18-27(17-23)32(40)36(3)20-26(25-8-9-29(34)30(35)19-25)10-13-37-14-11-33(12-15-37)21-38(22-39)31-7-5-4-6-28(31)33/h4-9,16-19,22,26H,10-15,20-21H2,1-3H3. The summed E-state index contributed by atoms with van der Waals surface area (Å²) < 4.78 is 0. The zero-order chi connectivity index (χ0) is 28.4. The minimum absolute atomic E-state index is 0.0244. The van der Waals surface area contributed by atoms with Crippen molar-refractivity contribution in [1.82, 2.24) is 9.80 Å². The first-order valence-electron chi connectivity index (χ1n) is 14.0. The number of likely N-dealkylation sites (tertiary alicyclic amines) is 1. The average Bonchev–Trinajstić information content (AvgIpc) is 3.25. The second kappa shape index (κ2) is 11.9. The Labute approximate surface area is 247 Å². The van der Waals surface area contributed by atoms with Crippen LogP contribution in [0.25, 0.3) is 0 Å². The minimum Gasteiger partial charge on any atom is -0.341 e. The number of hydrogen-bond acceptors (Lipinski definition) is 3. The molecule has 0 radical (unpaired) electrons. The van der Waals surface area contributed by atoms with Crippen LogP contribution in [0, 0.1) is 13.8 Å². The molecule has 0 bridgehead atoms. The van der Waals surface area contributed by atoms with Crippen LogP contribution in [-0.2, 0) is 10.2 Å². The Morgan fingerprint density at radius 3 is 2.38 bits per heavy atom. The SMILES string of the molecule is Cc1cc(C)cc(C(=O)N(C)CC(CCN2CCC3(CC2)CN(C=O)c2ccccc23)c2ccc(Cl)c(Cl)c2)c1. The van der Waals surface area contributed by atoms with Crippen LogP contribution in [-0.4, -0.2) is 61.9 Å². The van der Waals surface area contributed by atoms with Crippen molar-refractivity contribution in [1.29, 1.82) is 0 Å². The van der Waals surface area contributed by atoms with E-state index in [1.807, 2.05) is 67.1 Å². The maximum Gasteiger partial charge on any atom is 0.253 e. The lowest BCUT2D eigenvalue weighted by molar-refractivity contribution is -0.107. The Bertz CT molecular complexity index is 1380. The lowest BCUT2D eigenvalue weighted by Gasteiger charge is -2.40. The number of amides is 2. The number of aryl methyl sites for hydroxylation is 2. The molecule has 3 aromatic carbocycles. The number of benzene rings is 3.